The van der Waals surface area contributed by atoms with E-state index in [1.165, 1.54) is 0 Å². The molecule has 1 heterocycles. The third-order valence-electron chi connectivity index (χ3n) is 4.07. The van der Waals surface area contributed by atoms with Crippen LogP contribution in [0.3, 0.4) is 0 Å². The number of aryl methyl sites for hydroxylation is 2. The molecule has 20 heavy (non-hydrogen) atoms. The lowest BCUT2D eigenvalue weighted by atomic mass is 10.1. The maximum absolute atomic E-state index is 12.8. The Hall–Kier alpha value is -1.56. The van der Waals surface area contributed by atoms with Gasteiger partial charge >= 0.3 is 0 Å². The zero-order valence-corrected chi connectivity index (χ0v) is 12.3. The number of nitrogens with zero attached hydrogens (tertiary/aromatic N) is 3. The lowest BCUT2D eigenvalue weighted by Gasteiger charge is -2.28. The van der Waals surface area contributed by atoms with Crippen molar-refractivity contribution >= 4 is 11.6 Å². The van der Waals surface area contributed by atoms with Gasteiger partial charge in [0.1, 0.15) is 5.69 Å². The predicted molar refractivity (Wildman–Crippen MR) is 77.4 cm³/mol. The molecule has 3 N–H and O–H groups in total. The summed E-state index contributed by atoms with van der Waals surface area (Å²) in [7, 11) is 1.74. The van der Waals surface area contributed by atoms with Crippen molar-refractivity contribution in [2.45, 2.75) is 45.1 Å². The van der Waals surface area contributed by atoms with E-state index in [-0.39, 0.29) is 18.6 Å². The van der Waals surface area contributed by atoms with E-state index < -0.39 is 0 Å². The third kappa shape index (κ3) is 2.65. The molecule has 0 spiro atoms. The van der Waals surface area contributed by atoms with Gasteiger partial charge in [0.05, 0.1) is 18.0 Å². The molecular weight excluding hydrogens is 256 g/mol. The number of carbonyl (C=O) groups is 1. The van der Waals surface area contributed by atoms with Crippen LogP contribution in [0.25, 0.3) is 0 Å². The van der Waals surface area contributed by atoms with Gasteiger partial charge in [0.15, 0.2) is 0 Å². The molecule has 1 aliphatic rings. The Morgan fingerprint density at radius 1 is 1.50 bits per heavy atom. The highest BCUT2D eigenvalue weighted by Gasteiger charge is 2.30. The summed E-state index contributed by atoms with van der Waals surface area (Å²) in [6.07, 6.45) is 4.99. The van der Waals surface area contributed by atoms with E-state index in [9.17, 15) is 9.90 Å². The van der Waals surface area contributed by atoms with Gasteiger partial charge in [0.25, 0.3) is 5.91 Å². The van der Waals surface area contributed by atoms with Crippen LogP contribution in [0.1, 0.15) is 48.8 Å². The molecule has 0 aromatic carbocycles. The quantitative estimate of drug-likeness (QED) is 0.840. The summed E-state index contributed by atoms with van der Waals surface area (Å²) in [5, 5.41) is 13.5. The average molecular weight is 280 g/mol. The van der Waals surface area contributed by atoms with Crippen molar-refractivity contribution in [1.82, 2.24) is 14.7 Å². The molecule has 0 saturated heterocycles. The number of aliphatic hydroxyl groups excluding tert-OH is 1. The number of nitrogen functional groups attached to an aromatic ring is 1. The number of aliphatic hydroxyl groups is 1. The number of amides is 1. The fourth-order valence-corrected chi connectivity index (χ4v) is 3.02. The number of rotatable bonds is 5. The molecule has 6 nitrogen and oxygen atoms in total. The van der Waals surface area contributed by atoms with Gasteiger partial charge < -0.3 is 15.7 Å². The van der Waals surface area contributed by atoms with Crippen LogP contribution in [-0.4, -0.2) is 44.9 Å². The van der Waals surface area contributed by atoms with Crippen molar-refractivity contribution in [3.05, 3.63) is 11.4 Å². The van der Waals surface area contributed by atoms with E-state index >= 15 is 0 Å². The molecule has 0 unspecified atom stereocenters. The van der Waals surface area contributed by atoms with Gasteiger partial charge in [-0.3, -0.25) is 9.48 Å². The molecule has 112 valence electrons. The largest absolute Gasteiger partial charge is 0.395 e. The molecule has 0 bridgehead atoms. The molecule has 1 aliphatic carbocycles. The van der Waals surface area contributed by atoms with Gasteiger partial charge in [-0.05, 0) is 19.3 Å². The number of hydrogen-bond donors (Lipinski definition) is 2. The Labute approximate surface area is 119 Å². The van der Waals surface area contributed by atoms with Gasteiger partial charge in [-0.15, -0.1) is 0 Å². The van der Waals surface area contributed by atoms with Gasteiger partial charge in [-0.25, -0.2) is 0 Å². The summed E-state index contributed by atoms with van der Waals surface area (Å²) in [5.41, 5.74) is 7.73. The summed E-state index contributed by atoms with van der Waals surface area (Å²) >= 11 is 0. The van der Waals surface area contributed by atoms with E-state index in [1.54, 1.807) is 16.6 Å². The maximum atomic E-state index is 12.8. The SMILES string of the molecule is CCc1nn(C)c(C(=O)N(CCO)C2CCCC2)c1N. The van der Waals surface area contributed by atoms with Crippen LogP contribution < -0.4 is 5.73 Å². The second-order valence-electron chi connectivity index (χ2n) is 5.35. The molecule has 1 amide bonds. The van der Waals surface area contributed by atoms with Crippen LogP contribution in [0, 0.1) is 0 Å². The first-order valence-electron chi connectivity index (χ1n) is 7.33. The lowest BCUT2D eigenvalue weighted by molar-refractivity contribution is 0.0628. The third-order valence-corrected chi connectivity index (χ3v) is 4.07. The van der Waals surface area contributed by atoms with Crippen LogP contribution in [0.2, 0.25) is 0 Å². The fraction of sp³-hybridized carbons (Fsp3) is 0.714. The number of anilines is 1. The number of carbonyl (C=O) groups excluding carboxylic acids is 1. The normalized spacial score (nSPS) is 15.8. The summed E-state index contributed by atoms with van der Waals surface area (Å²) < 4.78 is 1.57. The van der Waals surface area contributed by atoms with E-state index in [2.05, 4.69) is 5.10 Å². The summed E-state index contributed by atoms with van der Waals surface area (Å²) in [4.78, 5) is 14.5. The van der Waals surface area contributed by atoms with Gasteiger partial charge in [-0.2, -0.15) is 5.10 Å². The molecule has 1 saturated carbocycles. The van der Waals surface area contributed by atoms with E-state index in [4.69, 9.17) is 5.73 Å². The van der Waals surface area contributed by atoms with Gasteiger partial charge in [0.2, 0.25) is 0 Å². The minimum absolute atomic E-state index is 0.0272. The summed E-state index contributed by atoms with van der Waals surface area (Å²) in [5.74, 6) is -0.113. The van der Waals surface area contributed by atoms with Gasteiger partial charge in [-0.1, -0.05) is 19.8 Å². The summed E-state index contributed by atoms with van der Waals surface area (Å²) in [6.45, 7) is 2.30. The minimum atomic E-state index is -0.113. The van der Waals surface area contributed by atoms with Crippen molar-refractivity contribution in [2.24, 2.45) is 7.05 Å². The zero-order valence-electron chi connectivity index (χ0n) is 12.3. The molecular formula is C14H24N4O2. The smallest absolute Gasteiger partial charge is 0.274 e. The Morgan fingerprint density at radius 3 is 2.65 bits per heavy atom. The van der Waals surface area contributed by atoms with Crippen LogP contribution in [0.4, 0.5) is 5.69 Å². The van der Waals surface area contributed by atoms with Crippen molar-refractivity contribution < 1.29 is 9.90 Å². The van der Waals surface area contributed by atoms with Crippen LogP contribution >= 0.6 is 0 Å². The highest BCUT2D eigenvalue weighted by atomic mass is 16.3. The van der Waals surface area contributed by atoms with Crippen molar-refractivity contribution in [3.63, 3.8) is 0 Å². The topological polar surface area (TPSA) is 84.4 Å². The van der Waals surface area contributed by atoms with Crippen molar-refractivity contribution in [2.75, 3.05) is 18.9 Å². The molecule has 2 rings (SSSR count). The second kappa shape index (κ2) is 6.26. The van der Waals surface area contributed by atoms with Crippen molar-refractivity contribution in [3.8, 4) is 0 Å². The zero-order chi connectivity index (χ0) is 14.7. The average Bonchev–Trinajstić information content (AvgIpc) is 3.03. The first kappa shape index (κ1) is 14.8. The first-order chi connectivity index (χ1) is 9.60. The fourth-order valence-electron chi connectivity index (χ4n) is 3.02. The number of hydrogen-bond acceptors (Lipinski definition) is 4. The highest BCUT2D eigenvalue weighted by molar-refractivity contribution is 5.98. The first-order valence-corrected chi connectivity index (χ1v) is 7.33. The molecule has 1 aromatic heterocycles. The standard InChI is InChI=1S/C14H24N4O2/c1-3-11-12(15)13(17(2)16-11)14(20)18(8-9-19)10-6-4-5-7-10/h10,19H,3-9,15H2,1-2H3. The monoisotopic (exact) mass is 280 g/mol. The Bertz CT molecular complexity index is 478. The molecule has 0 aliphatic heterocycles. The summed E-state index contributed by atoms with van der Waals surface area (Å²) in [6, 6.07) is 0.217. The molecule has 1 fully saturated rings. The van der Waals surface area contributed by atoms with Gasteiger partial charge in [0, 0.05) is 19.6 Å². The Balaban J connectivity index is 2.29. The van der Waals surface area contributed by atoms with E-state index in [1.807, 2.05) is 6.92 Å². The maximum Gasteiger partial charge on any atom is 0.274 e. The van der Waals surface area contributed by atoms with E-state index in [0.29, 0.717) is 24.3 Å². The predicted octanol–water partition coefficient (Wildman–Crippen LogP) is 0.942. The Morgan fingerprint density at radius 2 is 2.15 bits per heavy atom. The van der Waals surface area contributed by atoms with Crippen molar-refractivity contribution in [1.29, 1.82) is 0 Å². The molecule has 6 heteroatoms. The van der Waals surface area contributed by atoms with Crippen LogP contribution in [0.15, 0.2) is 0 Å². The second-order valence-corrected chi connectivity index (χ2v) is 5.35. The number of aromatic nitrogens is 2. The number of nitrogens with two attached hydrogens (primary N) is 1. The lowest BCUT2D eigenvalue weighted by Crippen LogP contribution is -2.41. The molecule has 0 atom stereocenters. The highest BCUT2D eigenvalue weighted by Crippen LogP contribution is 2.26. The van der Waals surface area contributed by atoms with E-state index in [0.717, 1.165) is 31.4 Å². The molecule has 1 aromatic rings. The van der Waals surface area contributed by atoms with Crippen LogP contribution in [-0.2, 0) is 13.5 Å². The molecule has 0 radical (unpaired) electrons. The van der Waals surface area contributed by atoms with Crippen LogP contribution in [0.5, 0.6) is 0 Å². The Kier molecular flexibility index (Phi) is 4.65. The minimum Gasteiger partial charge on any atom is -0.395 e.